The molecule has 0 radical (unpaired) electrons. The van der Waals surface area contributed by atoms with Crippen molar-refractivity contribution in [1.29, 1.82) is 0 Å². The number of carboxylic acids is 1. The summed E-state index contributed by atoms with van der Waals surface area (Å²) in [4.78, 5) is 33.1. The number of aryl methyl sites for hydroxylation is 6. The molecule has 11 heteroatoms. The van der Waals surface area contributed by atoms with E-state index >= 15 is 0 Å². The number of anilines is 2. The van der Waals surface area contributed by atoms with Crippen LogP contribution in [0.4, 0.5) is 10.3 Å². The molecule has 1 amide bonds. The van der Waals surface area contributed by atoms with Crippen LogP contribution in [0.15, 0.2) is 61.2 Å². The van der Waals surface area contributed by atoms with E-state index in [1.807, 2.05) is 64.0 Å². The van der Waals surface area contributed by atoms with Crippen molar-refractivity contribution in [3.05, 3.63) is 93.2 Å². The second-order valence-electron chi connectivity index (χ2n) is 10.5. The number of hydrogen-bond acceptors (Lipinski definition) is 7. The maximum atomic E-state index is 12.2. The Labute approximate surface area is 258 Å². The predicted molar refractivity (Wildman–Crippen MR) is 177 cm³/mol. The zero-order valence-electron chi connectivity index (χ0n) is 25.1. The minimum atomic E-state index is -0.789. The summed E-state index contributed by atoms with van der Waals surface area (Å²) in [7, 11) is 3.94. The number of benzene rings is 2. The molecular weight excluding hydrogens is 581 g/mol. The Morgan fingerprint density at radius 1 is 0.814 bits per heavy atom. The van der Waals surface area contributed by atoms with Gasteiger partial charge in [-0.15, -0.1) is 22.7 Å². The first-order valence-corrected chi connectivity index (χ1v) is 15.2. The van der Waals surface area contributed by atoms with E-state index in [1.54, 1.807) is 12.4 Å². The quantitative estimate of drug-likeness (QED) is 0.201. The predicted octanol–water partition coefficient (Wildman–Crippen LogP) is 6.58. The molecule has 0 fully saturated rings. The first-order valence-electron chi connectivity index (χ1n) is 13.6. The van der Waals surface area contributed by atoms with Crippen LogP contribution in [0.25, 0.3) is 21.8 Å². The van der Waals surface area contributed by atoms with Crippen LogP contribution in [0.5, 0.6) is 0 Å². The van der Waals surface area contributed by atoms with Crippen molar-refractivity contribution < 1.29 is 14.7 Å². The summed E-state index contributed by atoms with van der Waals surface area (Å²) in [6.45, 7) is 8.06. The fourth-order valence-corrected chi connectivity index (χ4v) is 5.94. The third-order valence-electron chi connectivity index (χ3n) is 6.66. The standard InChI is InChI=1S/C16H17N3OS.C12H13NO2.C4H6N2S/c1-10-4-5-13-12(9-19(3)14(13)6-10)7-15(20)18-16-17-8-11(2)21-16;1-8-3-4-10-9(6-12(14)15)7-13(2)11(10)5-8;1-3-2-6-4(5)7-3/h4-6,8-9H,7H2,1-3H3,(H,17,18,20);3-5,7H,6H2,1-2H3,(H,14,15);2H,1H3,(H2,5,6). The van der Waals surface area contributed by atoms with Gasteiger partial charge in [0.25, 0.3) is 0 Å². The Morgan fingerprint density at radius 3 is 1.74 bits per heavy atom. The van der Waals surface area contributed by atoms with Crippen molar-refractivity contribution >= 4 is 66.6 Å². The highest BCUT2D eigenvalue weighted by Gasteiger charge is 2.12. The van der Waals surface area contributed by atoms with Crippen LogP contribution in [-0.4, -0.2) is 36.1 Å². The van der Waals surface area contributed by atoms with E-state index in [-0.39, 0.29) is 12.3 Å². The van der Waals surface area contributed by atoms with Gasteiger partial charge in [-0.25, -0.2) is 9.97 Å². The molecule has 6 rings (SSSR count). The third-order valence-corrected chi connectivity index (χ3v) is 8.23. The van der Waals surface area contributed by atoms with E-state index in [0.29, 0.717) is 16.7 Å². The fraction of sp³-hybridized carbons (Fsp3) is 0.250. The average Bonchev–Trinajstić information content (AvgIpc) is 3.67. The Balaban J connectivity index is 0.000000167. The summed E-state index contributed by atoms with van der Waals surface area (Å²) in [5.41, 5.74) is 11.9. The molecule has 0 aliphatic heterocycles. The molecule has 43 heavy (non-hydrogen) atoms. The second-order valence-corrected chi connectivity index (χ2v) is 13.0. The molecule has 0 atom stereocenters. The van der Waals surface area contributed by atoms with Gasteiger partial charge in [-0.2, -0.15) is 0 Å². The van der Waals surface area contributed by atoms with Crippen LogP contribution in [-0.2, 0) is 36.5 Å². The lowest BCUT2D eigenvalue weighted by molar-refractivity contribution is -0.136. The van der Waals surface area contributed by atoms with Gasteiger partial charge < -0.3 is 25.3 Å². The number of aliphatic carboxylic acids is 1. The van der Waals surface area contributed by atoms with E-state index in [1.165, 1.54) is 33.8 Å². The van der Waals surface area contributed by atoms with Crippen molar-refractivity contribution in [2.45, 2.75) is 40.5 Å². The molecule has 0 aliphatic rings. The number of rotatable bonds is 5. The van der Waals surface area contributed by atoms with Crippen molar-refractivity contribution in [3.63, 3.8) is 0 Å². The lowest BCUT2D eigenvalue weighted by Gasteiger charge is -2.01. The first-order chi connectivity index (χ1) is 20.4. The van der Waals surface area contributed by atoms with Gasteiger partial charge in [0.2, 0.25) is 5.91 Å². The van der Waals surface area contributed by atoms with Gasteiger partial charge in [0.1, 0.15) is 0 Å². The van der Waals surface area contributed by atoms with Gasteiger partial charge in [-0.1, -0.05) is 24.3 Å². The number of fused-ring (bicyclic) bond motifs is 2. The van der Waals surface area contributed by atoms with Crippen LogP contribution >= 0.6 is 22.7 Å². The number of carboxylic acid groups (broad SMARTS) is 1. The molecule has 6 aromatic rings. The molecule has 4 N–H and O–H groups in total. The normalized spacial score (nSPS) is 10.7. The molecule has 0 bridgehead atoms. The zero-order valence-corrected chi connectivity index (χ0v) is 26.8. The van der Waals surface area contributed by atoms with Crippen LogP contribution in [0.3, 0.4) is 0 Å². The number of aromatic nitrogens is 4. The topological polar surface area (TPSA) is 128 Å². The number of nitrogen functional groups attached to an aromatic ring is 1. The third kappa shape index (κ3) is 8.30. The second kappa shape index (κ2) is 13.7. The number of carbonyl (C=O) groups is 2. The molecule has 0 spiro atoms. The molecule has 4 heterocycles. The molecule has 0 aliphatic carbocycles. The summed E-state index contributed by atoms with van der Waals surface area (Å²) in [5.74, 6) is -0.819. The van der Waals surface area contributed by atoms with E-state index in [2.05, 4.69) is 51.0 Å². The van der Waals surface area contributed by atoms with Crippen LogP contribution in [0.1, 0.15) is 32.0 Å². The largest absolute Gasteiger partial charge is 0.481 e. The smallest absolute Gasteiger partial charge is 0.307 e. The molecular formula is C32H36N6O3S2. The molecule has 0 saturated heterocycles. The molecule has 9 nitrogen and oxygen atoms in total. The minimum Gasteiger partial charge on any atom is -0.481 e. The highest BCUT2D eigenvalue weighted by Crippen LogP contribution is 2.24. The molecule has 224 valence electrons. The van der Waals surface area contributed by atoms with Gasteiger partial charge in [0.05, 0.1) is 12.8 Å². The van der Waals surface area contributed by atoms with Gasteiger partial charge in [0.15, 0.2) is 10.3 Å². The summed E-state index contributed by atoms with van der Waals surface area (Å²) in [6, 6.07) is 12.4. The van der Waals surface area contributed by atoms with E-state index in [0.717, 1.165) is 42.7 Å². The first kappa shape index (κ1) is 31.5. The monoisotopic (exact) mass is 616 g/mol. The number of nitrogens with zero attached hydrogens (tertiary/aromatic N) is 4. The number of carbonyl (C=O) groups excluding carboxylic acids is 1. The van der Waals surface area contributed by atoms with Gasteiger partial charge in [-0.05, 0) is 62.1 Å². The van der Waals surface area contributed by atoms with E-state index < -0.39 is 5.97 Å². The number of thiazole rings is 2. The van der Waals surface area contributed by atoms with Crippen LogP contribution < -0.4 is 11.1 Å². The highest BCUT2D eigenvalue weighted by molar-refractivity contribution is 7.15. The summed E-state index contributed by atoms with van der Waals surface area (Å²) >= 11 is 3.00. The Bertz CT molecular complexity index is 1880. The molecule has 0 saturated carbocycles. The SMILES string of the molecule is Cc1ccc2c(CC(=O)Nc3ncc(C)s3)cn(C)c2c1.Cc1ccc2c(CC(=O)O)cn(C)c2c1.Cc1cnc(N)s1. The average molecular weight is 617 g/mol. The Hall–Kier alpha value is -4.48. The van der Waals surface area contributed by atoms with E-state index in [9.17, 15) is 9.59 Å². The van der Waals surface area contributed by atoms with Crippen molar-refractivity contribution in [3.8, 4) is 0 Å². The molecule has 2 aromatic carbocycles. The Kier molecular flexibility index (Phi) is 9.99. The summed E-state index contributed by atoms with van der Waals surface area (Å²) in [6.07, 6.45) is 7.88. The van der Waals surface area contributed by atoms with Gasteiger partial charge in [-0.3, -0.25) is 9.59 Å². The van der Waals surface area contributed by atoms with Crippen LogP contribution in [0, 0.1) is 27.7 Å². The lowest BCUT2D eigenvalue weighted by Crippen LogP contribution is -2.13. The number of nitrogens with two attached hydrogens (primary N) is 1. The number of amides is 1. The summed E-state index contributed by atoms with van der Waals surface area (Å²) < 4.78 is 4.04. The van der Waals surface area contributed by atoms with Crippen molar-refractivity contribution in [1.82, 2.24) is 19.1 Å². The van der Waals surface area contributed by atoms with Gasteiger partial charge in [0, 0.05) is 70.4 Å². The fourth-order valence-electron chi connectivity index (χ4n) is 4.72. The van der Waals surface area contributed by atoms with Gasteiger partial charge >= 0.3 is 5.97 Å². The zero-order chi connectivity index (χ0) is 31.3. The minimum absolute atomic E-state index is 0.0302. The maximum Gasteiger partial charge on any atom is 0.307 e. The maximum absolute atomic E-state index is 12.2. The van der Waals surface area contributed by atoms with E-state index in [4.69, 9.17) is 10.8 Å². The highest BCUT2D eigenvalue weighted by atomic mass is 32.1. The lowest BCUT2D eigenvalue weighted by atomic mass is 10.1. The van der Waals surface area contributed by atoms with Crippen molar-refractivity contribution in [2.75, 3.05) is 11.1 Å². The number of hydrogen-bond donors (Lipinski definition) is 3. The van der Waals surface area contributed by atoms with Crippen LogP contribution in [0.2, 0.25) is 0 Å². The van der Waals surface area contributed by atoms with Crippen molar-refractivity contribution in [2.24, 2.45) is 14.1 Å². The molecule has 4 aromatic heterocycles. The molecule has 0 unspecified atom stereocenters. The number of nitrogens with one attached hydrogen (secondary N) is 1. The summed E-state index contributed by atoms with van der Waals surface area (Å²) in [5, 5.41) is 15.1. The Morgan fingerprint density at radius 2 is 1.33 bits per heavy atom.